The summed E-state index contributed by atoms with van der Waals surface area (Å²) in [5.41, 5.74) is 1.22. The number of hydrogen-bond acceptors (Lipinski definition) is 4. The first-order valence-electron chi connectivity index (χ1n) is 6.92. The highest BCUT2D eigenvalue weighted by Crippen LogP contribution is 2.17. The zero-order chi connectivity index (χ0) is 14.4. The van der Waals surface area contributed by atoms with E-state index in [9.17, 15) is 0 Å². The zero-order valence-corrected chi connectivity index (χ0v) is 13.5. The first-order chi connectivity index (χ1) is 9.63. The van der Waals surface area contributed by atoms with Crippen molar-refractivity contribution >= 4 is 22.9 Å². The minimum atomic E-state index is 0.546. The predicted molar refractivity (Wildman–Crippen MR) is 85.6 cm³/mol. The van der Waals surface area contributed by atoms with E-state index < -0.39 is 0 Å². The summed E-state index contributed by atoms with van der Waals surface area (Å²) in [6.45, 7) is 5.36. The van der Waals surface area contributed by atoms with E-state index in [0.29, 0.717) is 6.04 Å². The average molecular weight is 310 g/mol. The van der Waals surface area contributed by atoms with Crippen molar-refractivity contribution in [3.05, 3.63) is 44.9 Å². The van der Waals surface area contributed by atoms with Gasteiger partial charge in [-0.3, -0.25) is 0 Å². The Hall–Kier alpha value is -0.970. The van der Waals surface area contributed by atoms with Crippen molar-refractivity contribution in [2.75, 3.05) is 6.54 Å². The van der Waals surface area contributed by atoms with Gasteiger partial charge in [-0.1, -0.05) is 37.6 Å². The van der Waals surface area contributed by atoms with Crippen LogP contribution in [0.4, 0.5) is 0 Å². The average Bonchev–Trinajstić information content (AvgIpc) is 2.85. The first-order valence-corrected chi connectivity index (χ1v) is 8.12. The number of aromatic nitrogens is 2. The second-order valence-corrected chi connectivity index (χ2v) is 6.69. The summed E-state index contributed by atoms with van der Waals surface area (Å²) in [6, 6.07) is 8.45. The molecule has 1 aromatic heterocycles. The van der Waals surface area contributed by atoms with Gasteiger partial charge >= 0.3 is 0 Å². The van der Waals surface area contributed by atoms with Gasteiger partial charge in [-0.15, -0.1) is 21.5 Å². The molecule has 0 fully saturated rings. The van der Waals surface area contributed by atoms with Gasteiger partial charge in [0.05, 0.1) is 0 Å². The SMILES string of the molecule is CC(C)NCCCc1nnc(Cc2ccc(Cl)cc2)s1. The summed E-state index contributed by atoms with van der Waals surface area (Å²) in [5, 5.41) is 14.9. The van der Waals surface area contributed by atoms with Crippen molar-refractivity contribution in [3.63, 3.8) is 0 Å². The molecule has 1 N–H and O–H groups in total. The van der Waals surface area contributed by atoms with Crippen LogP contribution in [0.2, 0.25) is 5.02 Å². The fourth-order valence-electron chi connectivity index (χ4n) is 1.87. The van der Waals surface area contributed by atoms with E-state index in [1.807, 2.05) is 24.3 Å². The van der Waals surface area contributed by atoms with E-state index in [1.54, 1.807) is 11.3 Å². The van der Waals surface area contributed by atoms with Gasteiger partial charge in [0.2, 0.25) is 0 Å². The topological polar surface area (TPSA) is 37.8 Å². The van der Waals surface area contributed by atoms with Crippen LogP contribution in [0.1, 0.15) is 35.8 Å². The molecule has 0 radical (unpaired) electrons. The van der Waals surface area contributed by atoms with E-state index in [0.717, 1.165) is 40.8 Å². The van der Waals surface area contributed by atoms with Gasteiger partial charge in [0.1, 0.15) is 10.0 Å². The fourth-order valence-corrected chi connectivity index (χ4v) is 2.91. The van der Waals surface area contributed by atoms with Crippen molar-refractivity contribution < 1.29 is 0 Å². The smallest absolute Gasteiger partial charge is 0.121 e. The van der Waals surface area contributed by atoms with Gasteiger partial charge in [-0.05, 0) is 30.7 Å². The van der Waals surface area contributed by atoms with Gasteiger partial charge in [0, 0.05) is 23.9 Å². The van der Waals surface area contributed by atoms with E-state index in [-0.39, 0.29) is 0 Å². The van der Waals surface area contributed by atoms with Crippen molar-refractivity contribution in [2.24, 2.45) is 0 Å². The molecule has 0 aliphatic rings. The Morgan fingerprint density at radius 1 is 1.15 bits per heavy atom. The molecule has 108 valence electrons. The van der Waals surface area contributed by atoms with Crippen LogP contribution in [-0.2, 0) is 12.8 Å². The van der Waals surface area contributed by atoms with E-state index in [1.165, 1.54) is 5.56 Å². The van der Waals surface area contributed by atoms with Gasteiger partial charge in [-0.25, -0.2) is 0 Å². The minimum absolute atomic E-state index is 0.546. The van der Waals surface area contributed by atoms with Crippen LogP contribution >= 0.6 is 22.9 Å². The second kappa shape index (κ2) is 7.72. The number of rotatable bonds is 7. The van der Waals surface area contributed by atoms with Crippen LogP contribution in [0.5, 0.6) is 0 Å². The fraction of sp³-hybridized carbons (Fsp3) is 0.467. The number of benzene rings is 1. The summed E-state index contributed by atoms with van der Waals surface area (Å²) in [4.78, 5) is 0. The minimum Gasteiger partial charge on any atom is -0.315 e. The molecule has 0 unspecified atom stereocenters. The molecule has 3 nitrogen and oxygen atoms in total. The van der Waals surface area contributed by atoms with Crippen LogP contribution in [0.3, 0.4) is 0 Å². The largest absolute Gasteiger partial charge is 0.315 e. The molecule has 0 bridgehead atoms. The Kier molecular flexibility index (Phi) is 5.95. The maximum atomic E-state index is 5.88. The van der Waals surface area contributed by atoms with E-state index in [4.69, 9.17) is 11.6 Å². The monoisotopic (exact) mass is 309 g/mol. The van der Waals surface area contributed by atoms with Crippen LogP contribution in [-0.4, -0.2) is 22.8 Å². The van der Waals surface area contributed by atoms with E-state index >= 15 is 0 Å². The molecule has 0 spiro atoms. The highest BCUT2D eigenvalue weighted by molar-refractivity contribution is 7.11. The molecular formula is C15H20ClN3S. The molecule has 2 rings (SSSR count). The number of hydrogen-bond donors (Lipinski definition) is 1. The standard InChI is InChI=1S/C15H20ClN3S/c1-11(2)17-9-3-4-14-18-19-15(20-14)10-12-5-7-13(16)8-6-12/h5-8,11,17H,3-4,9-10H2,1-2H3. The molecule has 0 saturated carbocycles. The normalized spacial score (nSPS) is 11.2. The van der Waals surface area contributed by atoms with Gasteiger partial charge in [-0.2, -0.15) is 0 Å². The Balaban J connectivity index is 1.81. The lowest BCUT2D eigenvalue weighted by atomic mass is 10.2. The number of nitrogens with one attached hydrogen (secondary N) is 1. The molecule has 0 atom stereocenters. The zero-order valence-electron chi connectivity index (χ0n) is 11.9. The molecular weight excluding hydrogens is 290 g/mol. The lowest BCUT2D eigenvalue weighted by Gasteiger charge is -2.05. The summed E-state index contributed by atoms with van der Waals surface area (Å²) in [7, 11) is 0. The molecule has 5 heteroatoms. The van der Waals surface area contributed by atoms with Crippen LogP contribution in [0, 0.1) is 0 Å². The third-order valence-electron chi connectivity index (χ3n) is 2.90. The maximum Gasteiger partial charge on any atom is 0.121 e. The molecule has 1 aromatic carbocycles. The van der Waals surface area contributed by atoms with Crippen molar-refractivity contribution in [1.82, 2.24) is 15.5 Å². The maximum absolute atomic E-state index is 5.88. The molecule has 0 amide bonds. The lowest BCUT2D eigenvalue weighted by molar-refractivity contribution is 0.569. The van der Waals surface area contributed by atoms with Crippen molar-refractivity contribution in [2.45, 2.75) is 39.2 Å². The van der Waals surface area contributed by atoms with Gasteiger partial charge < -0.3 is 5.32 Å². The quantitative estimate of drug-likeness (QED) is 0.792. The Bertz CT molecular complexity index is 522. The summed E-state index contributed by atoms with van der Waals surface area (Å²) >= 11 is 7.59. The molecule has 0 saturated heterocycles. The third kappa shape index (κ3) is 5.19. The Labute approximate surface area is 129 Å². The number of halogens is 1. The number of aryl methyl sites for hydroxylation is 1. The molecule has 1 heterocycles. The summed E-state index contributed by atoms with van der Waals surface area (Å²) < 4.78 is 0. The van der Waals surface area contributed by atoms with E-state index in [2.05, 4.69) is 29.4 Å². The highest BCUT2D eigenvalue weighted by Gasteiger charge is 2.05. The lowest BCUT2D eigenvalue weighted by Crippen LogP contribution is -2.23. The Morgan fingerprint density at radius 3 is 2.55 bits per heavy atom. The number of nitrogens with zero attached hydrogens (tertiary/aromatic N) is 2. The van der Waals surface area contributed by atoms with Gasteiger partial charge in [0.15, 0.2) is 0 Å². The summed E-state index contributed by atoms with van der Waals surface area (Å²) in [6.07, 6.45) is 2.94. The molecule has 2 aromatic rings. The van der Waals surface area contributed by atoms with Crippen LogP contribution < -0.4 is 5.32 Å². The Morgan fingerprint density at radius 2 is 1.85 bits per heavy atom. The van der Waals surface area contributed by atoms with Crippen LogP contribution in [0.15, 0.2) is 24.3 Å². The third-order valence-corrected chi connectivity index (χ3v) is 4.13. The second-order valence-electron chi connectivity index (χ2n) is 5.11. The van der Waals surface area contributed by atoms with Crippen LogP contribution in [0.25, 0.3) is 0 Å². The van der Waals surface area contributed by atoms with Crippen molar-refractivity contribution in [3.8, 4) is 0 Å². The molecule has 0 aliphatic heterocycles. The first kappa shape index (κ1) is 15.4. The highest BCUT2D eigenvalue weighted by atomic mass is 35.5. The molecule has 0 aliphatic carbocycles. The molecule has 20 heavy (non-hydrogen) atoms. The predicted octanol–water partition coefficient (Wildman–Crippen LogP) is 3.71. The van der Waals surface area contributed by atoms with Crippen molar-refractivity contribution in [1.29, 1.82) is 0 Å². The summed E-state index contributed by atoms with van der Waals surface area (Å²) in [5.74, 6) is 0. The van der Waals surface area contributed by atoms with Gasteiger partial charge in [0.25, 0.3) is 0 Å².